The number of rotatable bonds is 8. The van der Waals surface area contributed by atoms with Crippen molar-refractivity contribution in [1.29, 1.82) is 0 Å². The van der Waals surface area contributed by atoms with Crippen LogP contribution in [0.4, 0.5) is 5.69 Å². The summed E-state index contributed by atoms with van der Waals surface area (Å²) in [5.41, 5.74) is 0.924. The van der Waals surface area contributed by atoms with Crippen molar-refractivity contribution in [3.05, 3.63) is 24.3 Å². The average Bonchev–Trinajstić information content (AvgIpc) is 2.67. The maximum Gasteiger partial charge on any atom is 0.194 e. The molecule has 1 heterocycles. The Morgan fingerprint density at radius 2 is 1.89 bits per heavy atom. The first kappa shape index (κ1) is 21.4. The zero-order valence-corrected chi connectivity index (χ0v) is 17.5. The van der Waals surface area contributed by atoms with Gasteiger partial charge in [0.2, 0.25) is 0 Å². The lowest BCUT2D eigenvalue weighted by molar-refractivity contribution is 0.269. The number of nitrogens with zero attached hydrogens (tertiary/aromatic N) is 4. The number of phenols is 1. The van der Waals surface area contributed by atoms with Gasteiger partial charge in [-0.25, -0.2) is 0 Å². The van der Waals surface area contributed by atoms with Crippen LogP contribution < -0.4 is 10.2 Å². The molecule has 1 aliphatic rings. The van der Waals surface area contributed by atoms with E-state index in [1.165, 1.54) is 6.42 Å². The van der Waals surface area contributed by atoms with Crippen molar-refractivity contribution in [2.75, 3.05) is 57.8 Å². The third-order valence-electron chi connectivity index (χ3n) is 5.20. The number of anilines is 1. The van der Waals surface area contributed by atoms with Gasteiger partial charge in [0.25, 0.3) is 0 Å². The molecule has 1 aromatic carbocycles. The van der Waals surface area contributed by atoms with Gasteiger partial charge in [-0.05, 0) is 59.3 Å². The third-order valence-corrected chi connectivity index (χ3v) is 5.20. The predicted octanol–water partition coefficient (Wildman–Crippen LogP) is 2.60. The Labute approximate surface area is 164 Å². The smallest absolute Gasteiger partial charge is 0.194 e. The average molecular weight is 376 g/mol. The van der Waals surface area contributed by atoms with Crippen LogP contribution >= 0.6 is 0 Å². The van der Waals surface area contributed by atoms with Gasteiger partial charge < -0.3 is 25.1 Å². The minimum absolute atomic E-state index is 0.359. The van der Waals surface area contributed by atoms with E-state index in [1.807, 2.05) is 18.2 Å². The number of nitrogens with one attached hydrogen (secondary N) is 1. The number of para-hydroxylation sites is 2. The Morgan fingerprint density at radius 3 is 2.52 bits per heavy atom. The Kier molecular flexibility index (Phi) is 8.72. The van der Waals surface area contributed by atoms with Gasteiger partial charge in [-0.1, -0.05) is 12.1 Å². The van der Waals surface area contributed by atoms with E-state index in [-0.39, 0.29) is 0 Å². The van der Waals surface area contributed by atoms with E-state index in [0.29, 0.717) is 11.8 Å². The summed E-state index contributed by atoms with van der Waals surface area (Å²) >= 11 is 0. The van der Waals surface area contributed by atoms with Crippen molar-refractivity contribution < 1.29 is 5.11 Å². The van der Waals surface area contributed by atoms with E-state index in [9.17, 15) is 5.11 Å². The lowest BCUT2D eigenvalue weighted by Crippen LogP contribution is -2.52. The molecular formula is C21H37N5O. The van der Waals surface area contributed by atoms with Crippen molar-refractivity contribution in [3.63, 3.8) is 0 Å². The van der Waals surface area contributed by atoms with Crippen molar-refractivity contribution >= 4 is 11.6 Å². The molecule has 6 nitrogen and oxygen atoms in total. The van der Waals surface area contributed by atoms with Crippen LogP contribution in [-0.2, 0) is 0 Å². The number of benzene rings is 1. The molecule has 1 saturated heterocycles. The Balaban J connectivity index is 1.82. The van der Waals surface area contributed by atoms with Gasteiger partial charge in [0, 0.05) is 45.3 Å². The summed E-state index contributed by atoms with van der Waals surface area (Å²) < 4.78 is 0. The number of piperazine rings is 1. The normalized spacial score (nSPS) is 15.7. The van der Waals surface area contributed by atoms with Gasteiger partial charge in [-0.2, -0.15) is 0 Å². The Hall–Kier alpha value is -1.95. The van der Waals surface area contributed by atoms with E-state index < -0.39 is 0 Å². The van der Waals surface area contributed by atoms with Crippen molar-refractivity contribution in [1.82, 2.24) is 15.1 Å². The Bertz CT molecular complexity index is 582. The standard InChI is InChI=1S/C21H37N5O/c1-5-22-21(23-12-8-9-13-24(4)18(2)3)26-16-14-25(15-17-26)19-10-6-7-11-20(19)27/h6-7,10-11,18,27H,5,8-9,12-17H2,1-4H3,(H,22,23). The topological polar surface area (TPSA) is 54.3 Å². The highest BCUT2D eigenvalue weighted by Crippen LogP contribution is 2.27. The molecule has 0 amide bonds. The number of hydrogen-bond acceptors (Lipinski definition) is 4. The SMILES string of the molecule is CCNC(=NCCCCN(C)C(C)C)N1CCN(c2ccccc2O)CC1. The minimum Gasteiger partial charge on any atom is -0.506 e. The number of guanidine groups is 1. The number of aromatic hydroxyl groups is 1. The second-order valence-electron chi connectivity index (χ2n) is 7.48. The van der Waals surface area contributed by atoms with E-state index in [0.717, 1.165) is 63.9 Å². The summed E-state index contributed by atoms with van der Waals surface area (Å²) in [5.74, 6) is 1.38. The van der Waals surface area contributed by atoms with Gasteiger partial charge in [-0.3, -0.25) is 4.99 Å². The van der Waals surface area contributed by atoms with Gasteiger partial charge >= 0.3 is 0 Å². The van der Waals surface area contributed by atoms with E-state index in [2.05, 4.69) is 47.8 Å². The molecule has 0 aliphatic carbocycles. The number of unbranched alkanes of at least 4 members (excludes halogenated alkanes) is 1. The molecule has 152 valence electrons. The summed E-state index contributed by atoms with van der Waals surface area (Å²) in [6.45, 7) is 13.1. The van der Waals surface area contributed by atoms with E-state index in [1.54, 1.807) is 6.07 Å². The summed E-state index contributed by atoms with van der Waals surface area (Å²) in [4.78, 5) is 11.8. The molecule has 0 bridgehead atoms. The first-order valence-corrected chi connectivity index (χ1v) is 10.3. The molecule has 27 heavy (non-hydrogen) atoms. The fourth-order valence-corrected chi connectivity index (χ4v) is 3.23. The summed E-state index contributed by atoms with van der Waals surface area (Å²) in [5, 5.41) is 13.5. The first-order chi connectivity index (χ1) is 13.0. The summed E-state index contributed by atoms with van der Waals surface area (Å²) in [6.07, 6.45) is 2.29. The summed E-state index contributed by atoms with van der Waals surface area (Å²) in [6, 6.07) is 8.18. The largest absolute Gasteiger partial charge is 0.506 e. The molecule has 2 N–H and O–H groups in total. The molecule has 0 atom stereocenters. The first-order valence-electron chi connectivity index (χ1n) is 10.3. The molecule has 0 spiro atoms. The van der Waals surface area contributed by atoms with Gasteiger partial charge in [0.05, 0.1) is 5.69 Å². The fraction of sp³-hybridized carbons (Fsp3) is 0.667. The van der Waals surface area contributed by atoms with Crippen molar-refractivity contribution in [3.8, 4) is 5.75 Å². The van der Waals surface area contributed by atoms with Crippen molar-refractivity contribution in [2.24, 2.45) is 4.99 Å². The zero-order chi connectivity index (χ0) is 19.6. The third kappa shape index (κ3) is 6.61. The van der Waals surface area contributed by atoms with Gasteiger partial charge in [0.15, 0.2) is 5.96 Å². The molecule has 1 fully saturated rings. The van der Waals surface area contributed by atoms with Crippen LogP contribution in [0.25, 0.3) is 0 Å². The van der Waals surface area contributed by atoms with Crippen LogP contribution in [0.5, 0.6) is 5.75 Å². The molecule has 1 aliphatic heterocycles. The second kappa shape index (κ2) is 11.0. The minimum atomic E-state index is 0.359. The maximum atomic E-state index is 10.1. The number of phenolic OH excluding ortho intramolecular Hbond substituents is 1. The quantitative estimate of drug-likeness (QED) is 0.416. The van der Waals surface area contributed by atoms with E-state index in [4.69, 9.17) is 4.99 Å². The number of hydrogen-bond donors (Lipinski definition) is 2. The molecule has 0 radical (unpaired) electrons. The lowest BCUT2D eigenvalue weighted by atomic mass is 10.2. The maximum absolute atomic E-state index is 10.1. The van der Waals surface area contributed by atoms with Gasteiger partial charge in [-0.15, -0.1) is 0 Å². The molecule has 0 aromatic heterocycles. The Morgan fingerprint density at radius 1 is 1.19 bits per heavy atom. The molecular weight excluding hydrogens is 338 g/mol. The monoisotopic (exact) mass is 375 g/mol. The highest BCUT2D eigenvalue weighted by Gasteiger charge is 2.21. The van der Waals surface area contributed by atoms with Crippen LogP contribution in [-0.4, -0.2) is 79.8 Å². The fourth-order valence-electron chi connectivity index (χ4n) is 3.23. The van der Waals surface area contributed by atoms with Gasteiger partial charge in [0.1, 0.15) is 5.75 Å². The van der Waals surface area contributed by atoms with Crippen LogP contribution in [0, 0.1) is 0 Å². The zero-order valence-electron chi connectivity index (χ0n) is 17.5. The molecule has 1 aromatic rings. The van der Waals surface area contributed by atoms with Crippen LogP contribution in [0.1, 0.15) is 33.6 Å². The molecule has 0 saturated carbocycles. The van der Waals surface area contributed by atoms with Crippen LogP contribution in [0.3, 0.4) is 0 Å². The summed E-state index contributed by atoms with van der Waals surface area (Å²) in [7, 11) is 2.18. The molecule has 0 unspecified atom stereocenters. The van der Waals surface area contributed by atoms with Crippen LogP contribution in [0.2, 0.25) is 0 Å². The lowest BCUT2D eigenvalue weighted by Gasteiger charge is -2.37. The highest BCUT2D eigenvalue weighted by atomic mass is 16.3. The van der Waals surface area contributed by atoms with E-state index >= 15 is 0 Å². The second-order valence-corrected chi connectivity index (χ2v) is 7.48. The molecule has 2 rings (SSSR count). The van der Waals surface area contributed by atoms with Crippen molar-refractivity contribution in [2.45, 2.75) is 39.7 Å². The van der Waals surface area contributed by atoms with Crippen LogP contribution in [0.15, 0.2) is 29.3 Å². The number of aliphatic imine (C=N–C) groups is 1. The molecule has 6 heteroatoms. The predicted molar refractivity (Wildman–Crippen MR) is 115 cm³/mol. The highest BCUT2D eigenvalue weighted by molar-refractivity contribution is 5.80.